The number of hydrogen-bond donors (Lipinski definition) is 0. The Morgan fingerprint density at radius 2 is 1.95 bits per heavy atom. The predicted octanol–water partition coefficient (Wildman–Crippen LogP) is 4.34. The highest BCUT2D eigenvalue weighted by Gasteiger charge is 2.29. The minimum atomic E-state index is -0.211. The van der Waals surface area contributed by atoms with Crippen LogP contribution in [0.2, 0.25) is 0 Å². The molecule has 0 bridgehead atoms. The van der Waals surface area contributed by atoms with Crippen LogP contribution >= 0.6 is 15.9 Å². The molecule has 1 saturated carbocycles. The van der Waals surface area contributed by atoms with Gasteiger partial charge in [-0.3, -0.25) is 4.79 Å². The Morgan fingerprint density at radius 3 is 2.62 bits per heavy atom. The molecule has 1 atom stereocenters. The maximum Gasteiger partial charge on any atom is 0.237 e. The summed E-state index contributed by atoms with van der Waals surface area (Å²) in [5.74, 6) is 1.03. The fourth-order valence-electron chi connectivity index (χ4n) is 2.81. The van der Waals surface area contributed by atoms with Crippen LogP contribution in [0.4, 0.5) is 0 Å². The number of aromatic nitrogens is 2. The Hall–Kier alpha value is -1.49. The van der Waals surface area contributed by atoms with Crippen molar-refractivity contribution in [2.75, 3.05) is 0 Å². The fraction of sp³-hybridized carbons (Fsp3) is 0.438. The van der Waals surface area contributed by atoms with Gasteiger partial charge in [0.1, 0.15) is 5.78 Å². The zero-order valence-corrected chi connectivity index (χ0v) is 13.7. The molecule has 0 radical (unpaired) electrons. The summed E-state index contributed by atoms with van der Waals surface area (Å²) in [5.41, 5.74) is 3.18. The molecule has 0 aliphatic heterocycles. The van der Waals surface area contributed by atoms with Crippen molar-refractivity contribution in [3.63, 3.8) is 0 Å². The number of nitrogens with zero attached hydrogens (tertiary/aromatic N) is 2. The summed E-state index contributed by atoms with van der Waals surface area (Å²) in [6.07, 6.45) is 3.46. The summed E-state index contributed by atoms with van der Waals surface area (Å²) >= 11 is 3.55. The van der Waals surface area contributed by atoms with E-state index in [1.807, 2.05) is 26.0 Å². The Bertz CT molecular complexity index is 670. The Labute approximate surface area is 132 Å². The van der Waals surface area contributed by atoms with E-state index in [0.29, 0.717) is 18.1 Å². The van der Waals surface area contributed by atoms with Gasteiger partial charge in [-0.15, -0.1) is 0 Å². The van der Waals surface area contributed by atoms with Crippen molar-refractivity contribution in [2.45, 2.75) is 45.4 Å². The van der Waals surface area contributed by atoms with E-state index in [-0.39, 0.29) is 11.7 Å². The second kappa shape index (κ2) is 5.72. The monoisotopic (exact) mass is 348 g/mol. The predicted molar refractivity (Wildman–Crippen MR) is 83.1 cm³/mol. The maximum atomic E-state index is 12.0. The minimum Gasteiger partial charge on any atom is -0.338 e. The molecule has 5 heteroatoms. The van der Waals surface area contributed by atoms with Crippen molar-refractivity contribution >= 4 is 21.7 Å². The molecule has 1 aromatic carbocycles. The van der Waals surface area contributed by atoms with E-state index in [1.54, 1.807) is 0 Å². The number of Topliss-reactive ketones (excluding diaryl/α,β-unsaturated/α-hetero) is 1. The van der Waals surface area contributed by atoms with E-state index in [2.05, 4.69) is 26.1 Å². The summed E-state index contributed by atoms with van der Waals surface area (Å²) < 4.78 is 6.44. The zero-order chi connectivity index (χ0) is 15.0. The first-order valence-corrected chi connectivity index (χ1v) is 7.99. The lowest BCUT2D eigenvalue weighted by molar-refractivity contribution is -0.122. The van der Waals surface area contributed by atoms with Crippen LogP contribution in [-0.2, 0) is 4.79 Å². The highest BCUT2D eigenvalue weighted by Crippen LogP contribution is 2.31. The lowest BCUT2D eigenvalue weighted by Gasteiger charge is -2.16. The molecule has 1 heterocycles. The third-order valence-electron chi connectivity index (χ3n) is 3.99. The first kappa shape index (κ1) is 14.4. The van der Waals surface area contributed by atoms with Gasteiger partial charge in [-0.2, -0.15) is 4.98 Å². The largest absolute Gasteiger partial charge is 0.338 e. The van der Waals surface area contributed by atoms with Gasteiger partial charge in [-0.1, -0.05) is 27.5 Å². The zero-order valence-electron chi connectivity index (χ0n) is 12.1. The molecule has 0 amide bonds. The molecule has 0 spiro atoms. The van der Waals surface area contributed by atoms with Crippen LogP contribution in [-0.4, -0.2) is 15.9 Å². The number of aryl methyl sites for hydroxylation is 2. The molecule has 1 fully saturated rings. The molecular formula is C16H17BrN2O2. The topological polar surface area (TPSA) is 56.0 Å². The van der Waals surface area contributed by atoms with E-state index in [4.69, 9.17) is 4.52 Å². The van der Waals surface area contributed by atoms with Crippen molar-refractivity contribution in [2.24, 2.45) is 0 Å². The Kier molecular flexibility index (Phi) is 3.93. The van der Waals surface area contributed by atoms with Crippen LogP contribution in [0, 0.1) is 13.8 Å². The van der Waals surface area contributed by atoms with Crippen molar-refractivity contribution in [1.29, 1.82) is 0 Å². The molecule has 2 aromatic rings. The average molecular weight is 349 g/mol. The molecule has 1 aromatic heterocycles. The molecule has 1 unspecified atom stereocenters. The lowest BCUT2D eigenvalue weighted by atomic mass is 9.88. The van der Waals surface area contributed by atoms with E-state index in [1.165, 1.54) is 0 Å². The number of benzene rings is 1. The van der Waals surface area contributed by atoms with Crippen molar-refractivity contribution in [1.82, 2.24) is 10.1 Å². The van der Waals surface area contributed by atoms with Crippen LogP contribution in [0.5, 0.6) is 0 Å². The van der Waals surface area contributed by atoms with Gasteiger partial charge in [-0.05, 0) is 49.9 Å². The highest BCUT2D eigenvalue weighted by atomic mass is 79.9. The number of ketones is 1. The molecule has 1 aliphatic rings. The second-order valence-electron chi connectivity index (χ2n) is 5.64. The summed E-state index contributed by atoms with van der Waals surface area (Å²) in [6.45, 7) is 4.07. The van der Waals surface area contributed by atoms with Gasteiger partial charge in [0, 0.05) is 16.5 Å². The first-order valence-electron chi connectivity index (χ1n) is 7.19. The molecule has 4 nitrogen and oxygen atoms in total. The molecule has 1 aliphatic carbocycles. The second-order valence-corrected chi connectivity index (χ2v) is 6.44. The first-order chi connectivity index (χ1) is 10.1. The highest BCUT2D eigenvalue weighted by molar-refractivity contribution is 9.10. The quantitative estimate of drug-likeness (QED) is 0.809. The van der Waals surface area contributed by atoms with Crippen LogP contribution in [0.3, 0.4) is 0 Å². The number of halogens is 1. The third-order valence-corrected chi connectivity index (χ3v) is 5.24. The Morgan fingerprint density at radius 1 is 1.24 bits per heavy atom. The lowest BCUT2D eigenvalue weighted by Crippen LogP contribution is -2.17. The van der Waals surface area contributed by atoms with Gasteiger partial charge in [0.25, 0.3) is 0 Å². The van der Waals surface area contributed by atoms with Crippen molar-refractivity contribution in [3.05, 3.63) is 33.6 Å². The SMILES string of the molecule is Cc1cc(-c2noc(C3CCCCC3=O)n2)cc(C)c1Br. The van der Waals surface area contributed by atoms with Gasteiger partial charge in [0.05, 0.1) is 5.92 Å². The van der Waals surface area contributed by atoms with E-state index in [0.717, 1.165) is 40.4 Å². The van der Waals surface area contributed by atoms with Crippen LogP contribution < -0.4 is 0 Å². The van der Waals surface area contributed by atoms with Crippen LogP contribution in [0.25, 0.3) is 11.4 Å². The van der Waals surface area contributed by atoms with E-state index >= 15 is 0 Å². The third kappa shape index (κ3) is 2.79. The normalized spacial score (nSPS) is 19.0. The smallest absolute Gasteiger partial charge is 0.237 e. The number of carbonyl (C=O) groups is 1. The van der Waals surface area contributed by atoms with Crippen LogP contribution in [0.1, 0.15) is 48.6 Å². The van der Waals surface area contributed by atoms with Gasteiger partial charge in [0.2, 0.25) is 11.7 Å². The van der Waals surface area contributed by atoms with E-state index < -0.39 is 0 Å². The van der Waals surface area contributed by atoms with Crippen molar-refractivity contribution in [3.8, 4) is 11.4 Å². The summed E-state index contributed by atoms with van der Waals surface area (Å²) in [7, 11) is 0. The van der Waals surface area contributed by atoms with Gasteiger partial charge in [-0.25, -0.2) is 0 Å². The average Bonchev–Trinajstić information content (AvgIpc) is 2.94. The van der Waals surface area contributed by atoms with Crippen molar-refractivity contribution < 1.29 is 9.32 Å². The minimum absolute atomic E-state index is 0.211. The van der Waals surface area contributed by atoms with Gasteiger partial charge in [0.15, 0.2) is 0 Å². The Balaban J connectivity index is 1.93. The van der Waals surface area contributed by atoms with Gasteiger partial charge < -0.3 is 4.52 Å². The molecule has 110 valence electrons. The molecule has 0 saturated heterocycles. The number of rotatable bonds is 2. The standard InChI is InChI=1S/C16H17BrN2O2/c1-9-7-11(8-10(2)14(9)17)15-18-16(21-19-15)12-5-3-4-6-13(12)20/h7-8,12H,3-6H2,1-2H3. The molecule has 3 rings (SSSR count). The van der Waals surface area contributed by atoms with Gasteiger partial charge >= 0.3 is 0 Å². The molecule has 0 N–H and O–H groups in total. The summed E-state index contributed by atoms with van der Waals surface area (Å²) in [4.78, 5) is 16.4. The molecule has 21 heavy (non-hydrogen) atoms. The fourth-order valence-corrected chi connectivity index (χ4v) is 3.04. The maximum absolute atomic E-state index is 12.0. The van der Waals surface area contributed by atoms with E-state index in [9.17, 15) is 4.79 Å². The summed E-state index contributed by atoms with van der Waals surface area (Å²) in [6, 6.07) is 4.04. The number of hydrogen-bond acceptors (Lipinski definition) is 4. The number of carbonyl (C=O) groups excluding carboxylic acids is 1. The summed E-state index contributed by atoms with van der Waals surface area (Å²) in [5, 5.41) is 4.05. The molecular weight excluding hydrogens is 332 g/mol. The van der Waals surface area contributed by atoms with Crippen LogP contribution in [0.15, 0.2) is 21.1 Å².